The van der Waals surface area contributed by atoms with E-state index in [1.165, 1.54) is 6.08 Å². The van der Waals surface area contributed by atoms with Gasteiger partial charge in [-0.3, -0.25) is 4.79 Å². The van der Waals surface area contributed by atoms with E-state index in [0.29, 0.717) is 34.7 Å². The van der Waals surface area contributed by atoms with Gasteiger partial charge in [-0.1, -0.05) is 0 Å². The Hall–Kier alpha value is -2.04. The number of halogens is 1. The summed E-state index contributed by atoms with van der Waals surface area (Å²) in [6.07, 6.45) is 3.48. The number of rotatable bonds is 7. The monoisotopic (exact) mass is 408 g/mol. The van der Waals surface area contributed by atoms with E-state index >= 15 is 0 Å². The Morgan fingerprint density at radius 3 is 2.96 bits per heavy atom. The highest BCUT2D eigenvalue weighted by molar-refractivity contribution is 9.10. The Balaban J connectivity index is 2.17. The highest BCUT2D eigenvalue weighted by Crippen LogP contribution is 2.37. The van der Waals surface area contributed by atoms with Crippen LogP contribution in [-0.4, -0.2) is 38.9 Å². The second kappa shape index (κ2) is 9.44. The van der Waals surface area contributed by atoms with E-state index < -0.39 is 5.91 Å². The molecule has 7 heteroatoms. The minimum Gasteiger partial charge on any atom is -0.492 e. The molecule has 1 saturated heterocycles. The van der Waals surface area contributed by atoms with Crippen LogP contribution < -0.4 is 14.8 Å². The number of ether oxygens (including phenoxy) is 3. The Morgan fingerprint density at radius 2 is 2.36 bits per heavy atom. The molecule has 0 unspecified atom stereocenters. The molecule has 1 amide bonds. The molecule has 134 valence electrons. The summed E-state index contributed by atoms with van der Waals surface area (Å²) in [7, 11) is 1.55. The van der Waals surface area contributed by atoms with Gasteiger partial charge in [0.05, 0.1) is 24.3 Å². The first kappa shape index (κ1) is 19.3. The van der Waals surface area contributed by atoms with Gasteiger partial charge in [-0.15, -0.1) is 0 Å². The third-order valence-electron chi connectivity index (χ3n) is 3.73. The SMILES string of the molecule is CCOc1cc(/C=C(\C#N)C(=O)NC[C@H]2CCCO2)cc(Br)c1OC. The summed E-state index contributed by atoms with van der Waals surface area (Å²) < 4.78 is 17.0. The van der Waals surface area contributed by atoms with Gasteiger partial charge in [0.15, 0.2) is 11.5 Å². The van der Waals surface area contributed by atoms with Gasteiger partial charge >= 0.3 is 0 Å². The first-order valence-corrected chi connectivity index (χ1v) is 8.90. The van der Waals surface area contributed by atoms with Gasteiger partial charge in [0.25, 0.3) is 5.91 Å². The maximum atomic E-state index is 12.2. The first-order chi connectivity index (χ1) is 12.1. The van der Waals surface area contributed by atoms with Crippen molar-refractivity contribution in [1.82, 2.24) is 5.32 Å². The fourth-order valence-electron chi connectivity index (χ4n) is 2.55. The van der Waals surface area contributed by atoms with Crippen LogP contribution in [-0.2, 0) is 9.53 Å². The Bertz CT molecular complexity index is 691. The molecule has 0 saturated carbocycles. The summed E-state index contributed by atoms with van der Waals surface area (Å²) in [4.78, 5) is 12.2. The standard InChI is InChI=1S/C18H21BrN2O4/c1-3-24-16-9-12(8-15(19)17(16)23-2)7-13(10-20)18(22)21-11-14-5-4-6-25-14/h7-9,14H,3-6,11H2,1-2H3,(H,21,22)/b13-7+/t14-/m1/s1. The molecule has 1 atom stereocenters. The Kier molecular flexibility index (Phi) is 7.29. The lowest BCUT2D eigenvalue weighted by Crippen LogP contribution is -2.32. The largest absolute Gasteiger partial charge is 0.492 e. The van der Waals surface area contributed by atoms with Crippen LogP contribution in [0.4, 0.5) is 0 Å². The molecule has 0 aromatic heterocycles. The fourth-order valence-corrected chi connectivity index (χ4v) is 3.18. The topological polar surface area (TPSA) is 80.6 Å². The first-order valence-electron chi connectivity index (χ1n) is 8.11. The predicted molar refractivity (Wildman–Crippen MR) is 97.4 cm³/mol. The molecule has 25 heavy (non-hydrogen) atoms. The Morgan fingerprint density at radius 1 is 1.56 bits per heavy atom. The van der Waals surface area contributed by atoms with Crippen LogP contribution in [0.25, 0.3) is 6.08 Å². The summed E-state index contributed by atoms with van der Waals surface area (Å²) in [5, 5.41) is 12.1. The molecule has 0 bridgehead atoms. The van der Waals surface area contributed by atoms with E-state index in [1.807, 2.05) is 13.0 Å². The number of hydrogen-bond acceptors (Lipinski definition) is 5. The summed E-state index contributed by atoms with van der Waals surface area (Å²) in [6.45, 7) is 3.48. The van der Waals surface area contributed by atoms with E-state index in [0.717, 1.165) is 19.4 Å². The smallest absolute Gasteiger partial charge is 0.262 e. The van der Waals surface area contributed by atoms with Gasteiger partial charge in [-0.05, 0) is 59.5 Å². The molecule has 1 aliphatic heterocycles. The van der Waals surface area contributed by atoms with Crippen LogP contribution in [0.5, 0.6) is 11.5 Å². The predicted octanol–water partition coefficient (Wildman–Crippen LogP) is 3.06. The number of carbonyl (C=O) groups excluding carboxylic acids is 1. The number of amides is 1. The number of nitrogens with zero attached hydrogens (tertiary/aromatic N) is 1. The Labute approximate surface area is 155 Å². The van der Waals surface area contributed by atoms with Gasteiger partial charge in [-0.2, -0.15) is 5.26 Å². The van der Waals surface area contributed by atoms with Crippen LogP contribution >= 0.6 is 15.9 Å². The van der Waals surface area contributed by atoms with Gasteiger partial charge in [0.1, 0.15) is 11.6 Å². The number of methoxy groups -OCH3 is 1. The van der Waals surface area contributed by atoms with Crippen molar-refractivity contribution >= 4 is 27.9 Å². The molecule has 1 aromatic rings. The van der Waals surface area contributed by atoms with Crippen molar-refractivity contribution in [2.45, 2.75) is 25.9 Å². The molecule has 2 rings (SSSR count). The maximum Gasteiger partial charge on any atom is 0.262 e. The number of nitrogens with one attached hydrogen (secondary N) is 1. The lowest BCUT2D eigenvalue weighted by molar-refractivity contribution is -0.117. The van der Waals surface area contributed by atoms with E-state index in [9.17, 15) is 10.1 Å². The van der Waals surface area contributed by atoms with E-state index in [-0.39, 0.29) is 11.7 Å². The molecule has 1 heterocycles. The maximum absolute atomic E-state index is 12.2. The minimum atomic E-state index is -0.414. The van der Waals surface area contributed by atoms with Crippen molar-refractivity contribution < 1.29 is 19.0 Å². The average Bonchev–Trinajstić information content (AvgIpc) is 3.11. The van der Waals surface area contributed by atoms with Crippen LogP contribution in [0.15, 0.2) is 22.2 Å². The molecule has 0 radical (unpaired) electrons. The van der Waals surface area contributed by atoms with E-state index in [4.69, 9.17) is 14.2 Å². The van der Waals surface area contributed by atoms with Crippen molar-refractivity contribution in [3.05, 3.63) is 27.7 Å². The van der Waals surface area contributed by atoms with Crippen molar-refractivity contribution in [3.8, 4) is 17.6 Å². The zero-order valence-corrected chi connectivity index (χ0v) is 15.9. The average molecular weight is 409 g/mol. The van der Waals surface area contributed by atoms with Crippen molar-refractivity contribution in [3.63, 3.8) is 0 Å². The summed E-state index contributed by atoms with van der Waals surface area (Å²) >= 11 is 3.42. The lowest BCUT2D eigenvalue weighted by Gasteiger charge is -2.12. The molecule has 6 nitrogen and oxygen atoms in total. The van der Waals surface area contributed by atoms with E-state index in [2.05, 4.69) is 21.2 Å². The molecule has 0 aliphatic carbocycles. The van der Waals surface area contributed by atoms with Crippen LogP contribution in [0.2, 0.25) is 0 Å². The minimum absolute atomic E-state index is 0.0255. The molecular formula is C18H21BrN2O4. The van der Waals surface area contributed by atoms with Crippen LogP contribution in [0, 0.1) is 11.3 Å². The second-order valence-electron chi connectivity index (χ2n) is 5.48. The fraction of sp³-hybridized carbons (Fsp3) is 0.444. The molecule has 1 aliphatic rings. The van der Waals surface area contributed by atoms with Crippen molar-refractivity contribution in [2.24, 2.45) is 0 Å². The normalized spacial score (nSPS) is 17.0. The van der Waals surface area contributed by atoms with Gasteiger partial charge in [0, 0.05) is 13.2 Å². The third-order valence-corrected chi connectivity index (χ3v) is 4.32. The number of hydrogen-bond donors (Lipinski definition) is 1. The summed E-state index contributed by atoms with van der Waals surface area (Å²) in [5.74, 6) is 0.700. The van der Waals surface area contributed by atoms with Crippen LogP contribution in [0.1, 0.15) is 25.3 Å². The van der Waals surface area contributed by atoms with Gasteiger partial charge in [-0.25, -0.2) is 0 Å². The third kappa shape index (κ3) is 5.21. The zero-order chi connectivity index (χ0) is 18.2. The highest BCUT2D eigenvalue weighted by atomic mass is 79.9. The van der Waals surface area contributed by atoms with Crippen LogP contribution in [0.3, 0.4) is 0 Å². The molecule has 1 fully saturated rings. The molecule has 1 N–H and O–H groups in total. The van der Waals surface area contributed by atoms with Gasteiger partial charge in [0.2, 0.25) is 0 Å². The molecule has 1 aromatic carbocycles. The molecule has 0 spiro atoms. The number of carbonyl (C=O) groups is 1. The van der Waals surface area contributed by atoms with Crippen molar-refractivity contribution in [1.29, 1.82) is 5.26 Å². The summed E-state index contributed by atoms with van der Waals surface area (Å²) in [5.41, 5.74) is 0.692. The summed E-state index contributed by atoms with van der Waals surface area (Å²) in [6, 6.07) is 5.45. The number of nitriles is 1. The van der Waals surface area contributed by atoms with Gasteiger partial charge < -0.3 is 19.5 Å². The zero-order valence-electron chi connectivity index (χ0n) is 14.3. The van der Waals surface area contributed by atoms with Crippen molar-refractivity contribution in [2.75, 3.05) is 26.9 Å². The quantitative estimate of drug-likeness (QED) is 0.553. The second-order valence-corrected chi connectivity index (χ2v) is 6.34. The lowest BCUT2D eigenvalue weighted by atomic mass is 10.1. The molecular weight excluding hydrogens is 388 g/mol. The highest BCUT2D eigenvalue weighted by Gasteiger charge is 2.18. The van der Waals surface area contributed by atoms with E-state index in [1.54, 1.807) is 19.2 Å². The number of benzene rings is 1.